The molecule has 0 fully saturated rings. The van der Waals surface area contributed by atoms with Crippen LogP contribution < -0.4 is 16.4 Å². The molecule has 0 aliphatic rings. The van der Waals surface area contributed by atoms with E-state index in [1.54, 1.807) is 24.3 Å². The van der Waals surface area contributed by atoms with Crippen molar-refractivity contribution < 1.29 is 9.59 Å². The number of hydrogen-bond donors (Lipinski definition) is 3. The smallest absolute Gasteiger partial charge is 0.251 e. The molecule has 1 atom stereocenters. The Hall–Kier alpha value is -2.12. The molecule has 166 valence electrons. The molecular weight excluding hydrogens is 423 g/mol. The monoisotopic (exact) mass is 454 g/mol. The Labute approximate surface area is 191 Å². The average Bonchev–Trinajstić information content (AvgIpc) is 2.71. The zero-order valence-corrected chi connectivity index (χ0v) is 19.1. The molecule has 0 saturated heterocycles. The van der Waals surface area contributed by atoms with E-state index in [2.05, 4.69) is 29.4 Å². The number of nitrogens with zero attached hydrogens (tertiary/aromatic N) is 1. The number of hydrogen-bond acceptors (Lipinski definition) is 4. The molecule has 2 aromatic rings. The minimum atomic E-state index is -0.368. The quantitative estimate of drug-likeness (QED) is 0.511. The molecule has 0 spiro atoms. The number of halogens is 2. The normalized spacial score (nSPS) is 11.1. The van der Waals surface area contributed by atoms with Crippen molar-refractivity contribution in [2.45, 2.75) is 26.3 Å². The Morgan fingerprint density at radius 2 is 1.67 bits per heavy atom. The maximum absolute atomic E-state index is 12.3. The summed E-state index contributed by atoms with van der Waals surface area (Å²) in [6.07, 6.45) is 0.171. The molecule has 2 rings (SSSR count). The lowest BCUT2D eigenvalue weighted by Crippen LogP contribution is -2.34. The SMILES string of the molecule is CCN(CC)CCNC(=O)c1cccc(NC(=O)CC(N)c2ccccc2)c1.Cl.Cl. The first-order valence-corrected chi connectivity index (χ1v) is 9.74. The molecule has 0 bridgehead atoms. The summed E-state index contributed by atoms with van der Waals surface area (Å²) in [5.41, 5.74) is 8.12. The molecule has 30 heavy (non-hydrogen) atoms. The van der Waals surface area contributed by atoms with Crippen molar-refractivity contribution in [3.8, 4) is 0 Å². The fourth-order valence-corrected chi connectivity index (χ4v) is 2.94. The van der Waals surface area contributed by atoms with Crippen LogP contribution in [0.4, 0.5) is 5.69 Å². The summed E-state index contributed by atoms with van der Waals surface area (Å²) in [6.45, 7) is 7.51. The van der Waals surface area contributed by atoms with Crippen molar-refractivity contribution in [3.05, 3.63) is 65.7 Å². The predicted octanol–water partition coefficient (Wildman–Crippen LogP) is 3.63. The van der Waals surface area contributed by atoms with Gasteiger partial charge in [0.25, 0.3) is 5.91 Å². The van der Waals surface area contributed by atoms with E-state index in [0.717, 1.165) is 25.2 Å². The summed E-state index contributed by atoms with van der Waals surface area (Å²) in [7, 11) is 0. The van der Waals surface area contributed by atoms with Gasteiger partial charge in [0.15, 0.2) is 0 Å². The molecule has 2 aromatic carbocycles. The topological polar surface area (TPSA) is 87.5 Å². The van der Waals surface area contributed by atoms with Crippen LogP contribution in [0, 0.1) is 0 Å². The Balaban J connectivity index is 0.00000420. The molecule has 6 nitrogen and oxygen atoms in total. The van der Waals surface area contributed by atoms with Gasteiger partial charge in [-0.15, -0.1) is 24.8 Å². The molecule has 1 unspecified atom stereocenters. The van der Waals surface area contributed by atoms with Gasteiger partial charge in [-0.2, -0.15) is 0 Å². The summed E-state index contributed by atoms with van der Waals surface area (Å²) in [5.74, 6) is -0.334. The fraction of sp³-hybridized carbons (Fsp3) is 0.364. The molecular formula is C22H32Cl2N4O2. The van der Waals surface area contributed by atoms with Crippen molar-refractivity contribution in [1.82, 2.24) is 10.2 Å². The standard InChI is InChI=1S/C22H30N4O2.2ClH/c1-3-26(4-2)14-13-24-22(28)18-11-8-12-19(15-18)25-21(27)16-20(23)17-9-6-5-7-10-17;;/h5-12,15,20H,3-4,13-14,16,23H2,1-2H3,(H,24,28)(H,25,27);2*1H. The number of anilines is 1. The lowest BCUT2D eigenvalue weighted by Gasteiger charge is -2.18. The van der Waals surface area contributed by atoms with E-state index in [-0.39, 0.29) is 49.1 Å². The number of nitrogens with one attached hydrogen (secondary N) is 2. The van der Waals surface area contributed by atoms with Gasteiger partial charge in [0.1, 0.15) is 0 Å². The highest BCUT2D eigenvalue weighted by molar-refractivity contribution is 5.97. The molecule has 0 radical (unpaired) electrons. The minimum Gasteiger partial charge on any atom is -0.351 e. The molecule has 0 saturated carbocycles. The van der Waals surface area contributed by atoms with E-state index < -0.39 is 0 Å². The van der Waals surface area contributed by atoms with E-state index in [1.807, 2.05) is 30.3 Å². The lowest BCUT2D eigenvalue weighted by molar-refractivity contribution is -0.116. The van der Waals surface area contributed by atoms with Crippen molar-refractivity contribution in [2.75, 3.05) is 31.5 Å². The predicted molar refractivity (Wildman–Crippen MR) is 128 cm³/mol. The molecule has 0 heterocycles. The first-order valence-electron chi connectivity index (χ1n) is 9.74. The van der Waals surface area contributed by atoms with Gasteiger partial charge in [-0.1, -0.05) is 50.2 Å². The number of carbonyl (C=O) groups excluding carboxylic acids is 2. The Bertz CT molecular complexity index is 771. The molecule has 0 aliphatic heterocycles. The average molecular weight is 455 g/mol. The third kappa shape index (κ3) is 9.13. The molecule has 8 heteroatoms. The summed E-state index contributed by atoms with van der Waals surface area (Å²) < 4.78 is 0. The van der Waals surface area contributed by atoms with Crippen LogP contribution in [-0.4, -0.2) is 42.9 Å². The largest absolute Gasteiger partial charge is 0.351 e. The van der Waals surface area contributed by atoms with Crippen LogP contribution in [0.5, 0.6) is 0 Å². The highest BCUT2D eigenvalue weighted by atomic mass is 35.5. The van der Waals surface area contributed by atoms with Gasteiger partial charge in [-0.3, -0.25) is 9.59 Å². The summed E-state index contributed by atoms with van der Waals surface area (Å²) >= 11 is 0. The molecule has 2 amide bonds. The molecule has 0 aliphatic carbocycles. The third-order valence-electron chi connectivity index (χ3n) is 4.65. The first kappa shape index (κ1) is 27.9. The number of nitrogens with two attached hydrogens (primary N) is 1. The summed E-state index contributed by atoms with van der Waals surface area (Å²) in [5, 5.41) is 5.74. The van der Waals surface area contributed by atoms with Crippen LogP contribution in [0.2, 0.25) is 0 Å². The van der Waals surface area contributed by atoms with Gasteiger partial charge in [-0.25, -0.2) is 0 Å². The highest BCUT2D eigenvalue weighted by Gasteiger charge is 2.13. The van der Waals surface area contributed by atoms with E-state index >= 15 is 0 Å². The molecule has 4 N–H and O–H groups in total. The number of likely N-dealkylation sites (N-methyl/N-ethyl adjacent to an activating group) is 1. The molecule has 0 aromatic heterocycles. The van der Waals surface area contributed by atoms with Gasteiger partial charge in [0.05, 0.1) is 0 Å². The second-order valence-electron chi connectivity index (χ2n) is 6.63. The maximum atomic E-state index is 12.3. The number of rotatable bonds is 10. The zero-order valence-electron chi connectivity index (χ0n) is 17.5. The second kappa shape index (κ2) is 14.8. The van der Waals surface area contributed by atoms with Crippen LogP contribution in [0.15, 0.2) is 54.6 Å². The van der Waals surface area contributed by atoms with Gasteiger partial charge in [-0.05, 0) is 36.9 Å². The number of benzene rings is 2. The van der Waals surface area contributed by atoms with Gasteiger partial charge in [0.2, 0.25) is 5.91 Å². The zero-order chi connectivity index (χ0) is 20.4. The van der Waals surface area contributed by atoms with Crippen LogP contribution in [-0.2, 0) is 4.79 Å². The van der Waals surface area contributed by atoms with Crippen molar-refractivity contribution in [1.29, 1.82) is 0 Å². The Morgan fingerprint density at radius 3 is 2.30 bits per heavy atom. The van der Waals surface area contributed by atoms with Gasteiger partial charge in [0, 0.05) is 36.8 Å². The minimum absolute atomic E-state index is 0. The Morgan fingerprint density at radius 1 is 1.00 bits per heavy atom. The van der Waals surface area contributed by atoms with Crippen molar-refractivity contribution in [3.63, 3.8) is 0 Å². The first-order chi connectivity index (χ1) is 13.5. The Kier molecular flexibility index (Phi) is 13.8. The van der Waals surface area contributed by atoms with Crippen LogP contribution in [0.1, 0.15) is 42.2 Å². The van der Waals surface area contributed by atoms with Crippen molar-refractivity contribution >= 4 is 42.3 Å². The summed E-state index contributed by atoms with van der Waals surface area (Å²) in [4.78, 5) is 26.9. The van der Waals surface area contributed by atoms with E-state index in [1.165, 1.54) is 0 Å². The third-order valence-corrected chi connectivity index (χ3v) is 4.65. The fourth-order valence-electron chi connectivity index (χ4n) is 2.94. The van der Waals surface area contributed by atoms with Crippen LogP contribution >= 0.6 is 24.8 Å². The summed E-state index contributed by atoms with van der Waals surface area (Å²) in [6, 6.07) is 16.1. The number of amides is 2. The van der Waals surface area contributed by atoms with Gasteiger partial charge < -0.3 is 21.3 Å². The second-order valence-corrected chi connectivity index (χ2v) is 6.63. The van der Waals surface area contributed by atoms with E-state index in [4.69, 9.17) is 5.73 Å². The highest BCUT2D eigenvalue weighted by Crippen LogP contribution is 2.16. The number of carbonyl (C=O) groups is 2. The maximum Gasteiger partial charge on any atom is 0.251 e. The van der Waals surface area contributed by atoms with E-state index in [0.29, 0.717) is 17.8 Å². The van der Waals surface area contributed by atoms with E-state index in [9.17, 15) is 9.59 Å². The van der Waals surface area contributed by atoms with Crippen LogP contribution in [0.25, 0.3) is 0 Å². The lowest BCUT2D eigenvalue weighted by atomic mass is 10.0. The van der Waals surface area contributed by atoms with Gasteiger partial charge >= 0.3 is 0 Å². The van der Waals surface area contributed by atoms with Crippen molar-refractivity contribution in [2.24, 2.45) is 5.73 Å². The van der Waals surface area contributed by atoms with Crippen LogP contribution in [0.3, 0.4) is 0 Å².